The van der Waals surface area contributed by atoms with Crippen LogP contribution in [0.3, 0.4) is 0 Å². The van der Waals surface area contributed by atoms with Crippen molar-refractivity contribution >= 4 is 11.9 Å². The number of nitrogens with zero attached hydrogens (tertiary/aromatic N) is 1. The number of hydrogen-bond donors (Lipinski definition) is 2. The number of morpholine rings is 1. The zero-order chi connectivity index (χ0) is 12.3. The maximum atomic E-state index is 11.8. The second-order valence-corrected chi connectivity index (χ2v) is 4.56. The quantitative estimate of drug-likeness (QED) is 0.711. The van der Waals surface area contributed by atoms with Crippen LogP contribution >= 0.6 is 0 Å². The van der Waals surface area contributed by atoms with E-state index in [0.29, 0.717) is 13.2 Å². The maximum absolute atomic E-state index is 11.8. The molecule has 1 heterocycles. The van der Waals surface area contributed by atoms with Crippen molar-refractivity contribution in [3.63, 3.8) is 0 Å². The second-order valence-electron chi connectivity index (χ2n) is 4.56. The molecule has 2 N–H and O–H groups in total. The van der Waals surface area contributed by atoms with Crippen molar-refractivity contribution in [1.29, 1.82) is 0 Å². The number of hydrogen-bond acceptors (Lipinski definition) is 4. The highest BCUT2D eigenvalue weighted by molar-refractivity contribution is 5.96. The van der Waals surface area contributed by atoms with Gasteiger partial charge in [-0.15, -0.1) is 0 Å². The lowest BCUT2D eigenvalue weighted by molar-refractivity contribution is -0.126. The van der Waals surface area contributed by atoms with Crippen molar-refractivity contribution < 1.29 is 14.3 Å². The summed E-state index contributed by atoms with van der Waals surface area (Å²) in [6.45, 7) is 4.57. The lowest BCUT2D eigenvalue weighted by Crippen LogP contribution is -2.52. The summed E-state index contributed by atoms with van der Waals surface area (Å²) < 4.78 is 5.22. The molecule has 6 heteroatoms. The summed E-state index contributed by atoms with van der Waals surface area (Å²) in [7, 11) is 0. The Morgan fingerprint density at radius 3 is 2.53 bits per heavy atom. The first-order chi connectivity index (χ1) is 8.16. The van der Waals surface area contributed by atoms with Crippen molar-refractivity contribution in [2.45, 2.75) is 31.8 Å². The SMILES string of the molecule is CC(C(=O)NC(=O)NC1CC1)N1CCOCC1. The van der Waals surface area contributed by atoms with Crippen LogP contribution in [-0.4, -0.2) is 55.2 Å². The minimum absolute atomic E-state index is 0.245. The van der Waals surface area contributed by atoms with Crippen LogP contribution in [0, 0.1) is 0 Å². The van der Waals surface area contributed by atoms with Crippen molar-refractivity contribution in [3.05, 3.63) is 0 Å². The van der Waals surface area contributed by atoms with Gasteiger partial charge in [-0.05, 0) is 19.8 Å². The maximum Gasteiger partial charge on any atom is 0.321 e. The Bertz CT molecular complexity index is 298. The molecule has 0 spiro atoms. The molecule has 0 radical (unpaired) electrons. The molecular weight excluding hydrogens is 222 g/mol. The van der Waals surface area contributed by atoms with Gasteiger partial charge in [0.25, 0.3) is 0 Å². The Labute approximate surface area is 101 Å². The summed E-state index contributed by atoms with van der Waals surface area (Å²) in [6, 6.07) is -0.400. The van der Waals surface area contributed by atoms with Gasteiger partial charge in [0.15, 0.2) is 0 Å². The molecule has 3 amide bonds. The predicted octanol–water partition coefficient (Wildman–Crippen LogP) is -0.305. The van der Waals surface area contributed by atoms with Gasteiger partial charge < -0.3 is 10.1 Å². The highest BCUT2D eigenvalue weighted by atomic mass is 16.5. The summed E-state index contributed by atoms with van der Waals surface area (Å²) in [5.41, 5.74) is 0. The van der Waals surface area contributed by atoms with E-state index >= 15 is 0 Å². The van der Waals surface area contributed by atoms with Gasteiger partial charge in [-0.25, -0.2) is 4.79 Å². The number of carbonyl (C=O) groups is 2. The Kier molecular flexibility index (Phi) is 3.96. The van der Waals surface area contributed by atoms with Crippen LogP contribution < -0.4 is 10.6 Å². The van der Waals surface area contributed by atoms with Crippen LogP contribution in [0.2, 0.25) is 0 Å². The third kappa shape index (κ3) is 3.67. The van der Waals surface area contributed by atoms with E-state index in [-0.39, 0.29) is 24.0 Å². The van der Waals surface area contributed by atoms with Crippen molar-refractivity contribution in [1.82, 2.24) is 15.5 Å². The summed E-state index contributed by atoms with van der Waals surface area (Å²) in [5, 5.41) is 5.11. The number of amides is 3. The van der Waals surface area contributed by atoms with E-state index in [4.69, 9.17) is 4.74 Å². The Balaban J connectivity index is 1.74. The van der Waals surface area contributed by atoms with Gasteiger partial charge in [0, 0.05) is 19.1 Å². The number of rotatable bonds is 3. The van der Waals surface area contributed by atoms with E-state index < -0.39 is 0 Å². The Morgan fingerprint density at radius 1 is 1.29 bits per heavy atom. The van der Waals surface area contributed by atoms with E-state index in [1.807, 2.05) is 11.8 Å². The third-order valence-corrected chi connectivity index (χ3v) is 3.12. The first-order valence-electron chi connectivity index (χ1n) is 6.10. The van der Waals surface area contributed by atoms with Crippen LogP contribution in [0.4, 0.5) is 4.79 Å². The van der Waals surface area contributed by atoms with Gasteiger partial charge in [0.2, 0.25) is 5.91 Å². The fourth-order valence-corrected chi connectivity index (χ4v) is 1.80. The van der Waals surface area contributed by atoms with Crippen LogP contribution in [0.25, 0.3) is 0 Å². The molecule has 1 saturated heterocycles. The van der Waals surface area contributed by atoms with Crippen LogP contribution in [0.5, 0.6) is 0 Å². The van der Waals surface area contributed by atoms with E-state index in [1.165, 1.54) is 0 Å². The number of ether oxygens (including phenoxy) is 1. The van der Waals surface area contributed by atoms with Crippen molar-refractivity contribution in [2.24, 2.45) is 0 Å². The van der Waals surface area contributed by atoms with Gasteiger partial charge in [-0.2, -0.15) is 0 Å². The van der Waals surface area contributed by atoms with Gasteiger partial charge >= 0.3 is 6.03 Å². The number of nitrogens with one attached hydrogen (secondary N) is 2. The smallest absolute Gasteiger partial charge is 0.321 e. The second kappa shape index (κ2) is 5.46. The fourth-order valence-electron chi connectivity index (χ4n) is 1.80. The summed E-state index contributed by atoms with van der Waals surface area (Å²) in [4.78, 5) is 25.2. The van der Waals surface area contributed by atoms with Gasteiger partial charge in [0.1, 0.15) is 0 Å². The monoisotopic (exact) mass is 241 g/mol. The molecule has 17 heavy (non-hydrogen) atoms. The number of imide groups is 1. The lowest BCUT2D eigenvalue weighted by Gasteiger charge is -2.31. The zero-order valence-corrected chi connectivity index (χ0v) is 10.1. The summed E-state index contributed by atoms with van der Waals surface area (Å²) in [6.07, 6.45) is 2.03. The Hall–Kier alpha value is -1.14. The normalized spacial score (nSPS) is 22.9. The van der Waals surface area contributed by atoms with E-state index in [9.17, 15) is 9.59 Å². The fraction of sp³-hybridized carbons (Fsp3) is 0.818. The molecule has 1 saturated carbocycles. The lowest BCUT2D eigenvalue weighted by atomic mass is 10.2. The molecule has 96 valence electrons. The molecule has 0 bridgehead atoms. The molecule has 1 unspecified atom stereocenters. The zero-order valence-electron chi connectivity index (χ0n) is 10.1. The molecule has 2 fully saturated rings. The molecule has 2 rings (SSSR count). The molecule has 2 aliphatic rings. The van der Waals surface area contributed by atoms with Gasteiger partial charge in [-0.1, -0.05) is 0 Å². The van der Waals surface area contributed by atoms with Crippen LogP contribution in [0.15, 0.2) is 0 Å². The Morgan fingerprint density at radius 2 is 1.94 bits per heavy atom. The van der Waals surface area contributed by atoms with Crippen molar-refractivity contribution in [3.8, 4) is 0 Å². The molecule has 6 nitrogen and oxygen atoms in total. The van der Waals surface area contributed by atoms with Gasteiger partial charge in [-0.3, -0.25) is 15.0 Å². The molecular formula is C11H19N3O3. The topological polar surface area (TPSA) is 70.7 Å². The molecule has 1 atom stereocenters. The first kappa shape index (κ1) is 12.3. The van der Waals surface area contributed by atoms with E-state index in [1.54, 1.807) is 0 Å². The predicted molar refractivity (Wildman–Crippen MR) is 61.6 cm³/mol. The third-order valence-electron chi connectivity index (χ3n) is 3.12. The highest BCUT2D eigenvalue weighted by Crippen LogP contribution is 2.18. The average Bonchev–Trinajstić information content (AvgIpc) is 3.12. The van der Waals surface area contributed by atoms with Crippen LogP contribution in [0.1, 0.15) is 19.8 Å². The molecule has 1 aliphatic carbocycles. The summed E-state index contributed by atoms with van der Waals surface area (Å²) in [5.74, 6) is -0.245. The molecule has 0 aromatic carbocycles. The van der Waals surface area contributed by atoms with E-state index in [2.05, 4.69) is 10.6 Å². The summed E-state index contributed by atoms with van der Waals surface area (Å²) >= 11 is 0. The first-order valence-corrected chi connectivity index (χ1v) is 6.10. The molecule has 1 aliphatic heterocycles. The largest absolute Gasteiger partial charge is 0.379 e. The van der Waals surface area contributed by atoms with E-state index in [0.717, 1.165) is 25.9 Å². The van der Waals surface area contributed by atoms with Crippen molar-refractivity contribution in [2.75, 3.05) is 26.3 Å². The van der Waals surface area contributed by atoms with Gasteiger partial charge in [0.05, 0.1) is 19.3 Å². The van der Waals surface area contributed by atoms with Crippen LogP contribution in [-0.2, 0) is 9.53 Å². The molecule has 0 aromatic heterocycles. The number of carbonyl (C=O) groups excluding carboxylic acids is 2. The highest BCUT2D eigenvalue weighted by Gasteiger charge is 2.27. The minimum atomic E-state index is -0.377. The average molecular weight is 241 g/mol. The standard InChI is InChI=1S/C11H19N3O3/c1-8(14-4-6-17-7-5-14)10(15)13-11(16)12-9-2-3-9/h8-9H,2-7H2,1H3,(H2,12,13,15,16). The minimum Gasteiger partial charge on any atom is -0.379 e. The number of urea groups is 1. The molecule has 0 aromatic rings.